The molecule has 162 valence electrons. The minimum absolute atomic E-state index is 0.0464. The highest BCUT2D eigenvalue weighted by molar-refractivity contribution is 6.03. The normalized spacial score (nSPS) is 19.3. The fourth-order valence-corrected chi connectivity index (χ4v) is 3.46. The fourth-order valence-electron chi connectivity index (χ4n) is 3.46. The molecule has 3 N–H and O–H groups in total. The molecule has 2 aromatic rings. The van der Waals surface area contributed by atoms with E-state index in [4.69, 9.17) is 5.73 Å². The highest BCUT2D eigenvalue weighted by atomic mass is 19.1. The van der Waals surface area contributed by atoms with E-state index in [-0.39, 0.29) is 11.6 Å². The van der Waals surface area contributed by atoms with Gasteiger partial charge in [-0.15, -0.1) is 0 Å². The molecule has 3 atom stereocenters. The van der Waals surface area contributed by atoms with Crippen LogP contribution < -0.4 is 11.1 Å². The molecule has 3 amide bonds. The molecule has 0 radical (unpaired) electrons. The first-order valence-electron chi connectivity index (χ1n) is 9.84. The quantitative estimate of drug-likeness (QED) is 0.717. The van der Waals surface area contributed by atoms with Crippen LogP contribution in [-0.2, 0) is 20.8 Å². The van der Waals surface area contributed by atoms with Crippen LogP contribution in [0, 0.1) is 11.6 Å². The molecule has 0 saturated carbocycles. The van der Waals surface area contributed by atoms with Crippen LogP contribution in [0.1, 0.15) is 30.5 Å². The molecule has 1 aliphatic heterocycles. The highest BCUT2D eigenvalue weighted by Crippen LogP contribution is 2.22. The Labute approximate surface area is 178 Å². The molecule has 0 bridgehead atoms. The van der Waals surface area contributed by atoms with Gasteiger partial charge in [0.15, 0.2) is 0 Å². The second-order valence-corrected chi connectivity index (χ2v) is 7.43. The molecule has 0 spiro atoms. The maximum atomic E-state index is 13.5. The number of imide groups is 1. The van der Waals surface area contributed by atoms with Crippen molar-refractivity contribution in [3.8, 4) is 0 Å². The van der Waals surface area contributed by atoms with Gasteiger partial charge in [0.1, 0.15) is 17.7 Å². The summed E-state index contributed by atoms with van der Waals surface area (Å²) in [5, 5.41) is 2.85. The van der Waals surface area contributed by atoms with Gasteiger partial charge in [0.05, 0.1) is 18.5 Å². The third kappa shape index (κ3) is 5.40. The highest BCUT2D eigenvalue weighted by Gasteiger charge is 2.36. The van der Waals surface area contributed by atoms with Gasteiger partial charge in [-0.2, -0.15) is 0 Å². The van der Waals surface area contributed by atoms with E-state index in [1.54, 1.807) is 6.08 Å². The maximum absolute atomic E-state index is 13.5. The summed E-state index contributed by atoms with van der Waals surface area (Å²) in [4.78, 5) is 39.4. The minimum Gasteiger partial charge on any atom is -0.347 e. The third-order valence-corrected chi connectivity index (χ3v) is 4.93. The van der Waals surface area contributed by atoms with Crippen molar-refractivity contribution in [2.24, 2.45) is 5.73 Å². The Kier molecular flexibility index (Phi) is 6.91. The molecule has 0 aliphatic carbocycles. The first kappa shape index (κ1) is 22.3. The van der Waals surface area contributed by atoms with Gasteiger partial charge in [-0.05, 0) is 36.6 Å². The summed E-state index contributed by atoms with van der Waals surface area (Å²) in [7, 11) is 0. The number of hydrogen-bond donors (Lipinski definition) is 2. The van der Waals surface area contributed by atoms with Crippen molar-refractivity contribution in [3.63, 3.8) is 0 Å². The van der Waals surface area contributed by atoms with Gasteiger partial charge in [-0.1, -0.05) is 42.5 Å². The van der Waals surface area contributed by atoms with Gasteiger partial charge in [-0.25, -0.2) is 8.78 Å². The van der Waals surface area contributed by atoms with E-state index in [0.29, 0.717) is 12.5 Å². The number of halogens is 2. The maximum Gasteiger partial charge on any atom is 0.247 e. The fraction of sp³-hybridized carbons (Fsp3) is 0.261. The number of nitrogens with two attached hydrogens (primary N) is 1. The predicted molar refractivity (Wildman–Crippen MR) is 110 cm³/mol. The molecule has 2 aromatic carbocycles. The molecule has 0 saturated heterocycles. The van der Waals surface area contributed by atoms with Crippen molar-refractivity contribution in [2.75, 3.05) is 0 Å². The Bertz CT molecular complexity index is 988. The molecule has 0 unspecified atom stereocenters. The monoisotopic (exact) mass is 427 g/mol. The summed E-state index contributed by atoms with van der Waals surface area (Å²) in [6, 6.07) is 9.38. The van der Waals surface area contributed by atoms with Gasteiger partial charge < -0.3 is 11.1 Å². The molecule has 3 rings (SSSR count). The lowest BCUT2D eigenvalue weighted by atomic mass is 10.0. The first-order chi connectivity index (χ1) is 14.8. The largest absolute Gasteiger partial charge is 0.347 e. The first-order valence-corrected chi connectivity index (χ1v) is 9.84. The molecule has 1 aliphatic rings. The van der Waals surface area contributed by atoms with Crippen LogP contribution >= 0.6 is 0 Å². The van der Waals surface area contributed by atoms with Crippen LogP contribution in [0.5, 0.6) is 0 Å². The number of nitrogens with zero attached hydrogens (tertiary/aromatic N) is 1. The van der Waals surface area contributed by atoms with E-state index in [9.17, 15) is 23.2 Å². The lowest BCUT2D eigenvalue weighted by molar-refractivity contribution is -0.150. The second-order valence-electron chi connectivity index (χ2n) is 7.43. The van der Waals surface area contributed by atoms with E-state index in [2.05, 4.69) is 5.32 Å². The van der Waals surface area contributed by atoms with Crippen molar-refractivity contribution in [1.82, 2.24) is 10.2 Å². The minimum atomic E-state index is -1.22. The number of rotatable bonds is 5. The summed E-state index contributed by atoms with van der Waals surface area (Å²) >= 11 is 0. The van der Waals surface area contributed by atoms with E-state index in [0.717, 1.165) is 22.6 Å². The third-order valence-electron chi connectivity index (χ3n) is 4.93. The zero-order valence-corrected chi connectivity index (χ0v) is 16.9. The molecule has 0 aromatic heterocycles. The lowest BCUT2D eigenvalue weighted by Crippen LogP contribution is -2.55. The topological polar surface area (TPSA) is 92.5 Å². The van der Waals surface area contributed by atoms with Gasteiger partial charge in [0.2, 0.25) is 17.7 Å². The van der Waals surface area contributed by atoms with Crippen LogP contribution in [0.4, 0.5) is 8.78 Å². The number of amides is 3. The summed E-state index contributed by atoms with van der Waals surface area (Å²) < 4.78 is 27.0. The Morgan fingerprint density at radius 3 is 2.42 bits per heavy atom. The molecular formula is C23H23F2N3O3. The molecule has 8 heteroatoms. The SMILES string of the molecule is C[C@H](N)C(=O)N(C(=O)Cc1cc(F)cc(F)c1)[C@H]1C=CC[C@H](c2ccccc2)NC1=O. The van der Waals surface area contributed by atoms with Crippen LogP contribution in [-0.4, -0.2) is 34.7 Å². The van der Waals surface area contributed by atoms with Crippen molar-refractivity contribution >= 4 is 17.7 Å². The van der Waals surface area contributed by atoms with Crippen LogP contribution in [0.15, 0.2) is 60.7 Å². The lowest BCUT2D eigenvalue weighted by Gasteiger charge is -2.29. The van der Waals surface area contributed by atoms with E-state index >= 15 is 0 Å². The standard InChI is InChI=1S/C23H23F2N3O3/c1-14(26)23(31)28(21(29)12-15-10-17(24)13-18(25)11-15)20-9-5-8-19(27-22(20)30)16-6-3-2-4-7-16/h2-7,9-11,13-14,19-20H,8,12,26H2,1H3,(H,27,30)/t14-,19+,20-/m0/s1. The number of nitrogens with one attached hydrogen (secondary N) is 1. The van der Waals surface area contributed by atoms with Crippen LogP contribution in [0.2, 0.25) is 0 Å². The average Bonchev–Trinajstić information content (AvgIpc) is 2.90. The van der Waals surface area contributed by atoms with Crippen molar-refractivity contribution in [1.29, 1.82) is 0 Å². The van der Waals surface area contributed by atoms with Crippen molar-refractivity contribution in [2.45, 2.75) is 37.9 Å². The van der Waals surface area contributed by atoms with Crippen molar-refractivity contribution < 1.29 is 23.2 Å². The summed E-state index contributed by atoms with van der Waals surface area (Å²) in [6.45, 7) is 1.40. The summed E-state index contributed by atoms with van der Waals surface area (Å²) in [5.74, 6) is -3.77. The smallest absolute Gasteiger partial charge is 0.247 e. The van der Waals surface area contributed by atoms with Gasteiger partial charge in [0.25, 0.3) is 0 Å². The average molecular weight is 427 g/mol. The van der Waals surface area contributed by atoms with Gasteiger partial charge in [-0.3, -0.25) is 19.3 Å². The molecule has 31 heavy (non-hydrogen) atoms. The Hall–Kier alpha value is -3.39. The Morgan fingerprint density at radius 1 is 1.16 bits per heavy atom. The van der Waals surface area contributed by atoms with Crippen molar-refractivity contribution in [3.05, 3.63) is 83.4 Å². The van der Waals surface area contributed by atoms with Gasteiger partial charge in [0, 0.05) is 6.07 Å². The number of carbonyl (C=O) groups excluding carboxylic acids is 3. The zero-order valence-electron chi connectivity index (χ0n) is 16.9. The summed E-state index contributed by atoms with van der Waals surface area (Å²) in [6.07, 6.45) is 3.20. The number of carbonyl (C=O) groups is 3. The second kappa shape index (κ2) is 9.61. The van der Waals surface area contributed by atoms with E-state index < -0.39 is 47.9 Å². The van der Waals surface area contributed by atoms with Crippen LogP contribution in [0.3, 0.4) is 0 Å². The summed E-state index contributed by atoms with van der Waals surface area (Å²) in [5.41, 5.74) is 6.64. The Morgan fingerprint density at radius 2 is 1.81 bits per heavy atom. The molecular weight excluding hydrogens is 404 g/mol. The number of benzene rings is 2. The molecule has 1 heterocycles. The zero-order chi connectivity index (χ0) is 22.5. The molecule has 0 fully saturated rings. The van der Waals surface area contributed by atoms with E-state index in [1.807, 2.05) is 30.3 Å². The predicted octanol–water partition coefficient (Wildman–Crippen LogP) is 2.40. The van der Waals surface area contributed by atoms with Gasteiger partial charge >= 0.3 is 0 Å². The number of hydrogen-bond acceptors (Lipinski definition) is 4. The van der Waals surface area contributed by atoms with Crippen LogP contribution in [0.25, 0.3) is 0 Å². The van der Waals surface area contributed by atoms with E-state index in [1.165, 1.54) is 13.0 Å². The molecule has 6 nitrogen and oxygen atoms in total. The Balaban J connectivity index is 1.87.